The first-order valence-electron chi connectivity index (χ1n) is 7.82. The number of nitrogens with one attached hydrogen (secondary N) is 1. The number of hydrogen-bond donors (Lipinski definition) is 1. The Hall–Kier alpha value is -2.58. The van der Waals surface area contributed by atoms with Crippen molar-refractivity contribution in [3.05, 3.63) is 52.0 Å². The summed E-state index contributed by atoms with van der Waals surface area (Å²) in [5.41, 5.74) is 2.74. The van der Waals surface area contributed by atoms with Gasteiger partial charge < -0.3 is 5.32 Å². The molecular weight excluding hydrogens is 354 g/mol. The number of anilines is 1. The largest absolute Gasteiger partial charge is 0.321 e. The smallest absolute Gasteiger partial charge is 0.265 e. The molecule has 0 spiro atoms. The van der Waals surface area contributed by atoms with E-state index in [0.717, 1.165) is 39.0 Å². The molecule has 4 rings (SSSR count). The maximum atomic E-state index is 12.3. The number of carbonyl (C=O) groups excluding carboxylic acids is 1. The third kappa shape index (κ3) is 2.94. The summed E-state index contributed by atoms with van der Waals surface area (Å²) in [6.07, 6.45) is 0.778. The predicted molar refractivity (Wildman–Crippen MR) is 100 cm³/mol. The standard InChI is InChI=1S/C17H15N5OS2/c1-3-14-19-20-17-22(14)21-16(25-17)11-7-6-10(2)12(9-11)18-15(23)13-5-4-8-24-13/h4-9H,3H2,1-2H3,(H,18,23). The van der Waals surface area contributed by atoms with Crippen LogP contribution < -0.4 is 5.32 Å². The van der Waals surface area contributed by atoms with Gasteiger partial charge in [-0.05, 0) is 30.0 Å². The molecule has 3 heterocycles. The van der Waals surface area contributed by atoms with Gasteiger partial charge in [-0.1, -0.05) is 36.5 Å². The lowest BCUT2D eigenvalue weighted by atomic mass is 10.1. The minimum absolute atomic E-state index is 0.0957. The van der Waals surface area contributed by atoms with E-state index < -0.39 is 0 Å². The molecule has 3 aromatic heterocycles. The molecular formula is C17H15N5OS2. The average Bonchev–Trinajstić information content (AvgIpc) is 3.33. The van der Waals surface area contributed by atoms with Crippen LogP contribution in [0.4, 0.5) is 5.69 Å². The summed E-state index contributed by atoms with van der Waals surface area (Å²) in [6, 6.07) is 9.63. The van der Waals surface area contributed by atoms with E-state index in [1.54, 1.807) is 4.52 Å². The van der Waals surface area contributed by atoms with E-state index in [2.05, 4.69) is 20.6 Å². The SMILES string of the molecule is CCc1nnc2sc(-c3ccc(C)c(NC(=O)c4cccs4)c3)nn12. The van der Waals surface area contributed by atoms with Crippen molar-refractivity contribution in [1.82, 2.24) is 19.8 Å². The number of hydrogen-bond acceptors (Lipinski definition) is 6. The lowest BCUT2D eigenvalue weighted by Gasteiger charge is -2.09. The predicted octanol–water partition coefficient (Wildman–Crippen LogP) is 4.04. The van der Waals surface area contributed by atoms with Crippen molar-refractivity contribution >= 4 is 39.2 Å². The van der Waals surface area contributed by atoms with E-state index in [0.29, 0.717) is 4.88 Å². The number of benzene rings is 1. The minimum atomic E-state index is -0.0957. The summed E-state index contributed by atoms with van der Waals surface area (Å²) in [4.78, 5) is 13.8. The van der Waals surface area contributed by atoms with Crippen molar-refractivity contribution in [2.45, 2.75) is 20.3 Å². The van der Waals surface area contributed by atoms with E-state index in [1.807, 2.05) is 49.6 Å². The molecule has 0 saturated heterocycles. The summed E-state index contributed by atoms with van der Waals surface area (Å²) in [6.45, 7) is 4.00. The maximum absolute atomic E-state index is 12.3. The Labute approximate surface area is 152 Å². The highest BCUT2D eigenvalue weighted by Gasteiger charge is 2.14. The van der Waals surface area contributed by atoms with Crippen molar-refractivity contribution in [2.75, 3.05) is 5.32 Å². The Kier molecular flexibility index (Phi) is 4.06. The van der Waals surface area contributed by atoms with Crippen LogP contribution in [0.3, 0.4) is 0 Å². The summed E-state index contributed by atoms with van der Waals surface area (Å²) in [7, 11) is 0. The fourth-order valence-corrected chi connectivity index (χ4v) is 3.95. The van der Waals surface area contributed by atoms with Crippen molar-refractivity contribution < 1.29 is 4.79 Å². The van der Waals surface area contributed by atoms with Crippen LogP contribution >= 0.6 is 22.7 Å². The lowest BCUT2D eigenvalue weighted by Crippen LogP contribution is -2.11. The van der Waals surface area contributed by atoms with Gasteiger partial charge in [0, 0.05) is 17.7 Å². The zero-order valence-electron chi connectivity index (χ0n) is 13.7. The van der Waals surface area contributed by atoms with Crippen LogP contribution in [0.15, 0.2) is 35.7 Å². The van der Waals surface area contributed by atoms with Gasteiger partial charge in [0.1, 0.15) is 5.01 Å². The second-order valence-electron chi connectivity index (χ2n) is 5.53. The Morgan fingerprint density at radius 3 is 2.92 bits per heavy atom. The van der Waals surface area contributed by atoms with E-state index >= 15 is 0 Å². The Balaban J connectivity index is 1.68. The minimum Gasteiger partial charge on any atom is -0.321 e. The third-order valence-electron chi connectivity index (χ3n) is 3.85. The van der Waals surface area contributed by atoms with Crippen LogP contribution in [0.5, 0.6) is 0 Å². The Bertz CT molecular complexity index is 1050. The molecule has 0 aliphatic rings. The van der Waals surface area contributed by atoms with Gasteiger partial charge in [0.15, 0.2) is 5.82 Å². The number of rotatable bonds is 4. The molecule has 4 aromatic rings. The quantitative estimate of drug-likeness (QED) is 0.589. The number of aromatic nitrogens is 4. The van der Waals surface area contributed by atoms with Gasteiger partial charge in [0.25, 0.3) is 5.91 Å². The monoisotopic (exact) mass is 369 g/mol. The van der Waals surface area contributed by atoms with Gasteiger partial charge in [0.2, 0.25) is 4.96 Å². The van der Waals surface area contributed by atoms with Crippen molar-refractivity contribution in [3.63, 3.8) is 0 Å². The first kappa shape index (κ1) is 15.9. The Morgan fingerprint density at radius 2 is 2.16 bits per heavy atom. The van der Waals surface area contributed by atoms with Crippen LogP contribution in [0.25, 0.3) is 15.5 Å². The molecule has 0 saturated carbocycles. The number of carbonyl (C=O) groups is 1. The van der Waals surface area contributed by atoms with E-state index in [4.69, 9.17) is 0 Å². The highest BCUT2D eigenvalue weighted by atomic mass is 32.1. The molecule has 0 bridgehead atoms. The maximum Gasteiger partial charge on any atom is 0.265 e. The number of nitrogens with zero attached hydrogens (tertiary/aromatic N) is 4. The molecule has 126 valence electrons. The van der Waals surface area contributed by atoms with Gasteiger partial charge in [-0.15, -0.1) is 21.5 Å². The zero-order chi connectivity index (χ0) is 17.4. The first-order valence-corrected chi connectivity index (χ1v) is 9.52. The van der Waals surface area contributed by atoms with Gasteiger partial charge >= 0.3 is 0 Å². The second kappa shape index (κ2) is 6.38. The summed E-state index contributed by atoms with van der Waals surface area (Å²) in [5, 5.41) is 18.6. The molecule has 1 amide bonds. The first-order chi connectivity index (χ1) is 12.2. The number of amides is 1. The molecule has 0 fully saturated rings. The molecule has 0 radical (unpaired) electrons. The molecule has 0 aliphatic carbocycles. The van der Waals surface area contributed by atoms with Crippen molar-refractivity contribution in [3.8, 4) is 10.6 Å². The topological polar surface area (TPSA) is 72.2 Å². The highest BCUT2D eigenvalue weighted by Crippen LogP contribution is 2.29. The van der Waals surface area contributed by atoms with Crippen LogP contribution in [0, 0.1) is 6.92 Å². The molecule has 1 N–H and O–H groups in total. The van der Waals surface area contributed by atoms with E-state index in [-0.39, 0.29) is 5.91 Å². The van der Waals surface area contributed by atoms with Crippen LogP contribution in [-0.2, 0) is 6.42 Å². The highest BCUT2D eigenvalue weighted by molar-refractivity contribution is 7.19. The van der Waals surface area contributed by atoms with Gasteiger partial charge in [-0.2, -0.15) is 9.61 Å². The number of aryl methyl sites for hydroxylation is 2. The fourth-order valence-electron chi connectivity index (χ4n) is 2.48. The van der Waals surface area contributed by atoms with Crippen molar-refractivity contribution in [1.29, 1.82) is 0 Å². The van der Waals surface area contributed by atoms with Crippen LogP contribution in [0.2, 0.25) is 0 Å². The van der Waals surface area contributed by atoms with Crippen LogP contribution in [-0.4, -0.2) is 25.7 Å². The lowest BCUT2D eigenvalue weighted by molar-refractivity contribution is 0.103. The normalized spacial score (nSPS) is 11.1. The molecule has 25 heavy (non-hydrogen) atoms. The number of fused-ring (bicyclic) bond motifs is 1. The molecule has 6 nitrogen and oxygen atoms in total. The van der Waals surface area contributed by atoms with E-state index in [9.17, 15) is 4.79 Å². The van der Waals surface area contributed by atoms with Gasteiger partial charge in [-0.25, -0.2) is 0 Å². The summed E-state index contributed by atoms with van der Waals surface area (Å²) in [5.74, 6) is 0.748. The Morgan fingerprint density at radius 1 is 1.28 bits per heavy atom. The van der Waals surface area contributed by atoms with Gasteiger partial charge in [-0.3, -0.25) is 4.79 Å². The average molecular weight is 369 g/mol. The third-order valence-corrected chi connectivity index (χ3v) is 5.67. The molecule has 0 unspecified atom stereocenters. The molecule has 8 heteroatoms. The van der Waals surface area contributed by atoms with Gasteiger partial charge in [0.05, 0.1) is 4.88 Å². The summed E-state index contributed by atoms with van der Waals surface area (Å²) >= 11 is 2.91. The molecule has 1 aromatic carbocycles. The van der Waals surface area contributed by atoms with E-state index in [1.165, 1.54) is 22.7 Å². The zero-order valence-corrected chi connectivity index (χ0v) is 15.3. The second-order valence-corrected chi connectivity index (χ2v) is 7.44. The fraction of sp³-hybridized carbons (Fsp3) is 0.176. The summed E-state index contributed by atoms with van der Waals surface area (Å²) < 4.78 is 1.78. The molecule has 0 aliphatic heterocycles. The van der Waals surface area contributed by atoms with Crippen LogP contribution in [0.1, 0.15) is 28.0 Å². The van der Waals surface area contributed by atoms with Crippen molar-refractivity contribution in [2.24, 2.45) is 0 Å². The number of thiophene rings is 1. The molecule has 0 atom stereocenters.